The molecule has 152 valence electrons. The Morgan fingerprint density at radius 3 is 2.38 bits per heavy atom. The molecule has 2 saturated heterocycles. The summed E-state index contributed by atoms with van der Waals surface area (Å²) in [5.41, 5.74) is 3.42. The molecule has 3 heterocycles. The highest BCUT2D eigenvalue weighted by Gasteiger charge is 2.43. The molecule has 0 saturated carbocycles. The standard InChI is InChI=1S/C24H28N2O3/c1-16-11-12-22(17(2)25-16)23(27)19-13-20-9-6-10-21(14-19)26(20)24(28)29-15-18-7-4-3-5-8-18/h3-5,7-8,11-12,19-21H,6,9-10,13-15H2,1-2H3. The fourth-order valence-electron chi connectivity index (χ4n) is 4.85. The maximum Gasteiger partial charge on any atom is 0.410 e. The maximum atomic E-state index is 13.2. The lowest BCUT2D eigenvalue weighted by Crippen LogP contribution is -2.55. The zero-order valence-corrected chi connectivity index (χ0v) is 17.1. The van der Waals surface area contributed by atoms with Crippen LogP contribution in [0.2, 0.25) is 0 Å². The van der Waals surface area contributed by atoms with E-state index >= 15 is 0 Å². The van der Waals surface area contributed by atoms with E-state index in [-0.39, 0.29) is 36.5 Å². The number of ether oxygens (including phenoxy) is 1. The van der Waals surface area contributed by atoms with E-state index in [2.05, 4.69) is 4.98 Å². The van der Waals surface area contributed by atoms with Crippen LogP contribution in [0, 0.1) is 19.8 Å². The van der Waals surface area contributed by atoms with Crippen LogP contribution in [0.25, 0.3) is 0 Å². The van der Waals surface area contributed by atoms with Crippen molar-refractivity contribution in [1.29, 1.82) is 0 Å². The van der Waals surface area contributed by atoms with Gasteiger partial charge in [-0.2, -0.15) is 0 Å². The second kappa shape index (κ2) is 8.36. The molecule has 2 unspecified atom stereocenters. The molecule has 2 fully saturated rings. The topological polar surface area (TPSA) is 59.5 Å². The van der Waals surface area contributed by atoms with Gasteiger partial charge in [0.25, 0.3) is 0 Å². The van der Waals surface area contributed by atoms with Crippen LogP contribution in [0.1, 0.15) is 59.4 Å². The maximum absolute atomic E-state index is 13.2. The van der Waals surface area contributed by atoms with Crippen LogP contribution >= 0.6 is 0 Å². The van der Waals surface area contributed by atoms with Gasteiger partial charge in [-0.1, -0.05) is 30.3 Å². The lowest BCUT2D eigenvalue weighted by atomic mass is 9.75. The second-order valence-corrected chi connectivity index (χ2v) is 8.30. The molecule has 2 aromatic rings. The van der Waals surface area contributed by atoms with E-state index in [0.29, 0.717) is 12.8 Å². The second-order valence-electron chi connectivity index (χ2n) is 8.30. The largest absolute Gasteiger partial charge is 0.445 e. The van der Waals surface area contributed by atoms with E-state index in [1.54, 1.807) is 0 Å². The van der Waals surface area contributed by atoms with Gasteiger partial charge in [0.1, 0.15) is 6.61 Å². The van der Waals surface area contributed by atoms with Crippen LogP contribution < -0.4 is 0 Å². The monoisotopic (exact) mass is 392 g/mol. The van der Waals surface area contributed by atoms with E-state index in [4.69, 9.17) is 4.74 Å². The number of piperidine rings is 2. The summed E-state index contributed by atoms with van der Waals surface area (Å²) in [5, 5.41) is 0. The van der Waals surface area contributed by atoms with Gasteiger partial charge < -0.3 is 9.64 Å². The first-order valence-corrected chi connectivity index (χ1v) is 10.5. The first-order chi connectivity index (χ1) is 14.0. The van der Waals surface area contributed by atoms with E-state index in [9.17, 15) is 9.59 Å². The average molecular weight is 392 g/mol. The number of fused-ring (bicyclic) bond motifs is 2. The Labute approximate surface area is 172 Å². The summed E-state index contributed by atoms with van der Waals surface area (Å²) in [6.07, 6.45) is 4.15. The molecule has 0 spiro atoms. The van der Waals surface area contributed by atoms with Crippen LogP contribution in [0.15, 0.2) is 42.5 Å². The van der Waals surface area contributed by atoms with E-state index < -0.39 is 0 Å². The number of rotatable bonds is 4. The third kappa shape index (κ3) is 4.19. The van der Waals surface area contributed by atoms with Gasteiger partial charge in [0.05, 0.1) is 0 Å². The first-order valence-electron chi connectivity index (χ1n) is 10.5. The Hall–Kier alpha value is -2.69. The van der Waals surface area contributed by atoms with Gasteiger partial charge in [-0.15, -0.1) is 0 Å². The predicted molar refractivity (Wildman–Crippen MR) is 111 cm³/mol. The van der Waals surface area contributed by atoms with Crippen molar-refractivity contribution in [2.24, 2.45) is 5.92 Å². The van der Waals surface area contributed by atoms with Gasteiger partial charge in [-0.3, -0.25) is 9.78 Å². The van der Waals surface area contributed by atoms with E-state index in [0.717, 1.165) is 41.8 Å². The summed E-state index contributed by atoms with van der Waals surface area (Å²) in [6.45, 7) is 4.12. The van der Waals surface area contributed by atoms with Crippen LogP contribution in [0.4, 0.5) is 4.79 Å². The van der Waals surface area contributed by atoms with Gasteiger partial charge >= 0.3 is 6.09 Å². The number of nitrogens with zero attached hydrogens (tertiary/aromatic N) is 2. The third-order valence-electron chi connectivity index (χ3n) is 6.25. The fourth-order valence-corrected chi connectivity index (χ4v) is 4.85. The predicted octanol–water partition coefficient (Wildman–Crippen LogP) is 4.85. The molecule has 5 heteroatoms. The molecule has 2 aliphatic rings. The molecule has 2 atom stereocenters. The van der Waals surface area contributed by atoms with Gasteiger partial charge in [-0.25, -0.2) is 4.79 Å². The molecule has 2 bridgehead atoms. The lowest BCUT2D eigenvalue weighted by molar-refractivity contribution is 0.00470. The van der Waals surface area contributed by atoms with Crippen molar-refractivity contribution in [3.63, 3.8) is 0 Å². The van der Waals surface area contributed by atoms with Crippen molar-refractivity contribution in [2.45, 2.75) is 64.6 Å². The third-order valence-corrected chi connectivity index (χ3v) is 6.25. The molecule has 1 aromatic carbocycles. The number of carbonyl (C=O) groups is 2. The molecule has 29 heavy (non-hydrogen) atoms. The van der Waals surface area contributed by atoms with Crippen molar-refractivity contribution in [3.8, 4) is 0 Å². The Kier molecular flexibility index (Phi) is 5.65. The molecule has 0 N–H and O–H groups in total. The fraction of sp³-hybridized carbons (Fsp3) is 0.458. The SMILES string of the molecule is Cc1ccc(C(=O)C2CC3CCCC(C2)N3C(=O)OCc2ccccc2)c(C)n1. The first kappa shape index (κ1) is 19.6. The number of ketones is 1. The highest BCUT2D eigenvalue weighted by atomic mass is 16.6. The Balaban J connectivity index is 1.44. The number of amides is 1. The minimum absolute atomic E-state index is 0.0494. The van der Waals surface area contributed by atoms with Gasteiger partial charge in [0.2, 0.25) is 0 Å². The summed E-state index contributed by atoms with van der Waals surface area (Å²) in [5.74, 6) is 0.121. The molecule has 1 amide bonds. The van der Waals surface area contributed by atoms with Gasteiger partial charge in [-0.05, 0) is 63.6 Å². The normalized spacial score (nSPS) is 23.5. The molecular formula is C24H28N2O3. The minimum atomic E-state index is -0.248. The van der Waals surface area contributed by atoms with Crippen LogP contribution in [0.5, 0.6) is 0 Å². The molecular weight excluding hydrogens is 364 g/mol. The van der Waals surface area contributed by atoms with Gasteiger partial charge in [0.15, 0.2) is 5.78 Å². The van der Waals surface area contributed by atoms with Crippen molar-refractivity contribution >= 4 is 11.9 Å². The molecule has 5 nitrogen and oxygen atoms in total. The van der Waals surface area contributed by atoms with Crippen molar-refractivity contribution in [2.75, 3.05) is 0 Å². The van der Waals surface area contributed by atoms with E-state index in [1.165, 1.54) is 0 Å². The summed E-state index contributed by atoms with van der Waals surface area (Å²) in [7, 11) is 0. The molecule has 0 radical (unpaired) electrons. The molecule has 0 aliphatic carbocycles. The molecule has 1 aromatic heterocycles. The highest BCUT2D eigenvalue weighted by Crippen LogP contribution is 2.39. The summed E-state index contributed by atoms with van der Waals surface area (Å²) in [4.78, 5) is 32.4. The zero-order valence-electron chi connectivity index (χ0n) is 17.1. The smallest absolute Gasteiger partial charge is 0.410 e. The number of hydrogen-bond donors (Lipinski definition) is 0. The Bertz CT molecular complexity index is 882. The number of carbonyl (C=O) groups excluding carboxylic acids is 2. The number of hydrogen-bond acceptors (Lipinski definition) is 4. The summed E-state index contributed by atoms with van der Waals surface area (Å²) in [6, 6.07) is 13.7. The van der Waals surface area contributed by atoms with Crippen LogP contribution in [-0.4, -0.2) is 33.8 Å². The summed E-state index contributed by atoms with van der Waals surface area (Å²) >= 11 is 0. The summed E-state index contributed by atoms with van der Waals surface area (Å²) < 4.78 is 5.61. The number of aryl methyl sites for hydroxylation is 2. The zero-order chi connectivity index (χ0) is 20.4. The molecule has 2 aliphatic heterocycles. The van der Waals surface area contributed by atoms with Gasteiger partial charge in [0, 0.05) is 35.0 Å². The van der Waals surface area contributed by atoms with Crippen molar-refractivity contribution in [3.05, 3.63) is 65.0 Å². The minimum Gasteiger partial charge on any atom is -0.445 e. The Morgan fingerprint density at radius 1 is 1.03 bits per heavy atom. The Morgan fingerprint density at radius 2 is 1.72 bits per heavy atom. The molecule has 4 rings (SSSR count). The van der Waals surface area contributed by atoms with Crippen LogP contribution in [-0.2, 0) is 11.3 Å². The number of benzene rings is 1. The number of aromatic nitrogens is 1. The highest BCUT2D eigenvalue weighted by molar-refractivity contribution is 5.99. The van der Waals surface area contributed by atoms with E-state index in [1.807, 2.05) is 61.2 Å². The number of Topliss-reactive ketones (excluding diaryl/α,β-unsaturated/α-hetero) is 1. The van der Waals surface area contributed by atoms with Crippen molar-refractivity contribution < 1.29 is 14.3 Å². The average Bonchev–Trinajstić information content (AvgIpc) is 2.71. The lowest BCUT2D eigenvalue weighted by Gasteiger charge is -2.47. The van der Waals surface area contributed by atoms with Crippen molar-refractivity contribution in [1.82, 2.24) is 9.88 Å². The van der Waals surface area contributed by atoms with Crippen LogP contribution in [0.3, 0.4) is 0 Å². The number of pyridine rings is 1. The quantitative estimate of drug-likeness (QED) is 0.698.